The van der Waals surface area contributed by atoms with Gasteiger partial charge in [0.1, 0.15) is 4.83 Å². The average molecular weight is 345 g/mol. The van der Waals surface area contributed by atoms with Gasteiger partial charge in [-0.05, 0) is 37.5 Å². The SMILES string of the molecule is O=C(OCCCC1CCCCC1)C(Br)C1CCCCC1. The lowest BCUT2D eigenvalue weighted by molar-refractivity contribution is -0.144. The van der Waals surface area contributed by atoms with E-state index in [0.717, 1.165) is 12.3 Å². The minimum atomic E-state index is -0.0718. The second-order valence-electron chi connectivity index (χ2n) is 6.61. The third-order valence-electron chi connectivity index (χ3n) is 5.01. The standard InChI is InChI=1S/C17H29BrO2/c18-16(15-11-5-2-6-12-15)17(19)20-13-7-10-14-8-3-1-4-9-14/h14-16H,1-13H2. The Bertz CT molecular complexity index is 281. The Hall–Kier alpha value is -0.0500. The van der Waals surface area contributed by atoms with E-state index in [9.17, 15) is 4.79 Å². The van der Waals surface area contributed by atoms with Crippen LogP contribution in [0.4, 0.5) is 0 Å². The third-order valence-corrected chi connectivity index (χ3v) is 6.14. The first kappa shape index (κ1) is 16.3. The first-order chi connectivity index (χ1) is 9.77. The lowest BCUT2D eigenvalue weighted by atomic mass is 9.86. The maximum atomic E-state index is 12.0. The van der Waals surface area contributed by atoms with Gasteiger partial charge in [-0.15, -0.1) is 0 Å². The summed E-state index contributed by atoms with van der Waals surface area (Å²) in [6, 6.07) is 0. The molecule has 1 atom stereocenters. The lowest BCUT2D eigenvalue weighted by Gasteiger charge is -2.25. The summed E-state index contributed by atoms with van der Waals surface area (Å²) in [5.41, 5.74) is 0. The molecule has 2 fully saturated rings. The molecule has 0 aromatic carbocycles. The molecule has 0 N–H and O–H groups in total. The van der Waals surface area contributed by atoms with Gasteiger partial charge in [-0.3, -0.25) is 4.79 Å². The second-order valence-corrected chi connectivity index (χ2v) is 7.60. The summed E-state index contributed by atoms with van der Waals surface area (Å²) in [7, 11) is 0. The molecule has 3 heteroatoms. The molecule has 0 saturated heterocycles. The van der Waals surface area contributed by atoms with Gasteiger partial charge in [0.25, 0.3) is 0 Å². The number of rotatable bonds is 6. The van der Waals surface area contributed by atoms with E-state index in [4.69, 9.17) is 4.74 Å². The zero-order valence-electron chi connectivity index (χ0n) is 12.6. The minimum absolute atomic E-state index is 0.0273. The van der Waals surface area contributed by atoms with E-state index in [1.807, 2.05) is 0 Å². The van der Waals surface area contributed by atoms with Gasteiger partial charge >= 0.3 is 5.97 Å². The predicted molar refractivity (Wildman–Crippen MR) is 86.1 cm³/mol. The number of ether oxygens (including phenoxy) is 1. The molecule has 0 bridgehead atoms. The van der Waals surface area contributed by atoms with Crippen LogP contribution >= 0.6 is 15.9 Å². The van der Waals surface area contributed by atoms with Crippen molar-refractivity contribution in [1.82, 2.24) is 0 Å². The molecular formula is C17H29BrO2. The van der Waals surface area contributed by atoms with Crippen molar-refractivity contribution in [3.63, 3.8) is 0 Å². The van der Waals surface area contributed by atoms with Crippen molar-refractivity contribution in [1.29, 1.82) is 0 Å². The Morgan fingerprint density at radius 1 is 1.00 bits per heavy atom. The van der Waals surface area contributed by atoms with E-state index in [1.54, 1.807) is 0 Å². The molecule has 0 aromatic rings. The van der Waals surface area contributed by atoms with Gasteiger partial charge in [0.05, 0.1) is 6.61 Å². The Kier molecular flexibility index (Phi) is 7.40. The van der Waals surface area contributed by atoms with Crippen molar-refractivity contribution >= 4 is 21.9 Å². The van der Waals surface area contributed by atoms with Crippen LogP contribution in [-0.2, 0) is 9.53 Å². The molecule has 0 amide bonds. The van der Waals surface area contributed by atoms with Crippen LogP contribution in [0.1, 0.15) is 77.0 Å². The van der Waals surface area contributed by atoms with E-state index < -0.39 is 0 Å². The number of hydrogen-bond donors (Lipinski definition) is 0. The van der Waals surface area contributed by atoms with Gasteiger partial charge in [0.15, 0.2) is 0 Å². The van der Waals surface area contributed by atoms with Gasteiger partial charge in [0.2, 0.25) is 0 Å². The molecule has 0 heterocycles. The molecule has 2 aliphatic rings. The fourth-order valence-corrected chi connectivity index (χ4v) is 4.38. The molecule has 0 spiro atoms. The highest BCUT2D eigenvalue weighted by molar-refractivity contribution is 9.10. The van der Waals surface area contributed by atoms with Crippen LogP contribution in [0.2, 0.25) is 0 Å². The van der Waals surface area contributed by atoms with Crippen LogP contribution in [0.5, 0.6) is 0 Å². The van der Waals surface area contributed by atoms with Crippen molar-refractivity contribution in [2.24, 2.45) is 11.8 Å². The summed E-state index contributed by atoms with van der Waals surface area (Å²) >= 11 is 3.56. The number of carbonyl (C=O) groups excluding carboxylic acids is 1. The first-order valence-electron chi connectivity index (χ1n) is 8.58. The summed E-state index contributed by atoms with van der Waals surface area (Å²) in [5.74, 6) is 1.36. The largest absolute Gasteiger partial charge is 0.465 e. The summed E-state index contributed by atoms with van der Waals surface area (Å²) in [4.78, 5) is 12.0. The lowest BCUT2D eigenvalue weighted by Crippen LogP contribution is -2.28. The van der Waals surface area contributed by atoms with Crippen LogP contribution in [-0.4, -0.2) is 17.4 Å². The topological polar surface area (TPSA) is 26.3 Å². The first-order valence-corrected chi connectivity index (χ1v) is 9.49. The molecule has 0 aromatic heterocycles. The van der Waals surface area contributed by atoms with Crippen LogP contribution < -0.4 is 0 Å². The molecular weight excluding hydrogens is 316 g/mol. The monoisotopic (exact) mass is 344 g/mol. The molecule has 1 unspecified atom stereocenters. The molecule has 2 rings (SSSR count). The fourth-order valence-electron chi connectivity index (χ4n) is 3.72. The van der Waals surface area contributed by atoms with Crippen LogP contribution in [0.25, 0.3) is 0 Å². The van der Waals surface area contributed by atoms with Crippen molar-refractivity contribution < 1.29 is 9.53 Å². The van der Waals surface area contributed by atoms with Crippen molar-refractivity contribution in [3.05, 3.63) is 0 Å². The molecule has 0 radical (unpaired) electrons. The number of halogens is 1. The summed E-state index contributed by atoms with van der Waals surface area (Å²) in [6.07, 6.45) is 15.5. The van der Waals surface area contributed by atoms with Crippen LogP contribution in [0, 0.1) is 11.8 Å². The average Bonchev–Trinajstić information content (AvgIpc) is 2.52. The molecule has 2 saturated carbocycles. The van der Waals surface area contributed by atoms with Gasteiger partial charge in [-0.2, -0.15) is 0 Å². The normalized spacial score (nSPS) is 23.4. The Labute approximate surface area is 132 Å². The number of esters is 1. The van der Waals surface area contributed by atoms with Gasteiger partial charge in [0, 0.05) is 0 Å². The van der Waals surface area contributed by atoms with E-state index in [2.05, 4.69) is 15.9 Å². The summed E-state index contributed by atoms with van der Waals surface area (Å²) < 4.78 is 5.46. The number of carbonyl (C=O) groups is 1. The minimum Gasteiger partial charge on any atom is -0.465 e. The second kappa shape index (κ2) is 9.07. The van der Waals surface area contributed by atoms with Crippen molar-refractivity contribution in [2.45, 2.75) is 81.9 Å². The highest BCUT2D eigenvalue weighted by atomic mass is 79.9. The van der Waals surface area contributed by atoms with Gasteiger partial charge in [-0.1, -0.05) is 67.3 Å². The number of hydrogen-bond acceptors (Lipinski definition) is 2. The van der Waals surface area contributed by atoms with Crippen molar-refractivity contribution in [3.8, 4) is 0 Å². The highest BCUT2D eigenvalue weighted by Gasteiger charge is 2.28. The summed E-state index contributed by atoms with van der Waals surface area (Å²) in [5, 5.41) is 0. The van der Waals surface area contributed by atoms with Gasteiger partial charge < -0.3 is 4.74 Å². The maximum absolute atomic E-state index is 12.0. The molecule has 20 heavy (non-hydrogen) atoms. The van der Waals surface area contributed by atoms with Gasteiger partial charge in [-0.25, -0.2) is 0 Å². The van der Waals surface area contributed by atoms with Crippen LogP contribution in [0.15, 0.2) is 0 Å². The van der Waals surface area contributed by atoms with E-state index >= 15 is 0 Å². The van der Waals surface area contributed by atoms with E-state index in [0.29, 0.717) is 12.5 Å². The van der Waals surface area contributed by atoms with E-state index in [1.165, 1.54) is 70.6 Å². The Morgan fingerprint density at radius 3 is 2.25 bits per heavy atom. The quantitative estimate of drug-likeness (QED) is 0.374. The maximum Gasteiger partial charge on any atom is 0.320 e. The van der Waals surface area contributed by atoms with Crippen molar-refractivity contribution in [2.75, 3.05) is 6.61 Å². The third kappa shape index (κ3) is 5.38. The predicted octanol–water partition coefficient (Wildman–Crippen LogP) is 5.23. The summed E-state index contributed by atoms with van der Waals surface area (Å²) in [6.45, 7) is 0.615. The van der Waals surface area contributed by atoms with E-state index in [-0.39, 0.29) is 10.8 Å². The molecule has 2 nitrogen and oxygen atoms in total. The molecule has 116 valence electrons. The fraction of sp³-hybridized carbons (Fsp3) is 0.941. The highest BCUT2D eigenvalue weighted by Crippen LogP contribution is 2.31. The zero-order chi connectivity index (χ0) is 14.2. The molecule has 2 aliphatic carbocycles. The Balaban J connectivity index is 1.56. The Morgan fingerprint density at radius 2 is 1.60 bits per heavy atom. The smallest absolute Gasteiger partial charge is 0.320 e. The number of alkyl halides is 1. The zero-order valence-corrected chi connectivity index (χ0v) is 14.2. The van der Waals surface area contributed by atoms with Crippen LogP contribution in [0.3, 0.4) is 0 Å². The molecule has 0 aliphatic heterocycles.